The quantitative estimate of drug-likeness (QED) is 0.401. The Labute approximate surface area is 203 Å². The van der Waals surface area contributed by atoms with Crippen LogP contribution in [0.5, 0.6) is 0 Å². The number of benzene rings is 2. The number of rotatable bonds is 6. The topological polar surface area (TPSA) is 94.1 Å². The molecule has 35 heavy (non-hydrogen) atoms. The van der Waals surface area contributed by atoms with Gasteiger partial charge in [-0.25, -0.2) is 0 Å². The number of hydrogen-bond acceptors (Lipinski definition) is 6. The van der Waals surface area contributed by atoms with Crippen LogP contribution in [0.4, 0.5) is 0 Å². The van der Waals surface area contributed by atoms with Crippen molar-refractivity contribution in [2.45, 2.75) is 51.4 Å². The fourth-order valence-electron chi connectivity index (χ4n) is 4.71. The van der Waals surface area contributed by atoms with Gasteiger partial charge in [-0.2, -0.15) is 14.8 Å². The fourth-order valence-corrected chi connectivity index (χ4v) is 4.71. The molecule has 0 bridgehead atoms. The van der Waals surface area contributed by atoms with Crippen LogP contribution in [0.25, 0.3) is 22.4 Å². The molecule has 2 aromatic carbocycles. The molecule has 0 N–H and O–H groups in total. The molecule has 1 aliphatic rings. The van der Waals surface area contributed by atoms with E-state index in [1.54, 1.807) is 0 Å². The van der Waals surface area contributed by atoms with Gasteiger partial charge in [-0.1, -0.05) is 48.5 Å². The lowest BCUT2D eigenvalue weighted by Gasteiger charge is -2.37. The van der Waals surface area contributed by atoms with E-state index in [1.165, 1.54) is 4.68 Å². The van der Waals surface area contributed by atoms with Gasteiger partial charge in [-0.15, -0.1) is 0 Å². The summed E-state index contributed by atoms with van der Waals surface area (Å²) in [4.78, 5) is 32.1. The van der Waals surface area contributed by atoms with Crippen LogP contribution in [0.1, 0.15) is 55.3 Å². The summed E-state index contributed by atoms with van der Waals surface area (Å²) >= 11 is 0. The highest BCUT2D eigenvalue weighted by atomic mass is 16.5. The van der Waals surface area contributed by atoms with Gasteiger partial charge in [0.15, 0.2) is 5.82 Å². The molecule has 4 aromatic rings. The van der Waals surface area contributed by atoms with Gasteiger partial charge in [0.05, 0.1) is 11.2 Å². The SMILES string of the molecule is Cc1nn(C(=O)CCCC(=O)N2CCC(C)(c3noc(-c4ccccc4)n3)CC2)c2ccccc12. The standard InChI is InChI=1S/C27H29N5O3/c1-19-21-11-6-7-12-22(21)32(29-19)24(34)14-8-13-23(33)31-17-15-27(2,16-18-31)26-28-25(35-30-26)20-9-4-3-5-10-20/h3-7,9-12H,8,13-18H2,1-2H3. The van der Waals surface area contributed by atoms with Crippen LogP contribution in [0, 0.1) is 6.92 Å². The Bertz CT molecular complexity index is 1350. The number of likely N-dealkylation sites (tertiary alicyclic amines) is 1. The fraction of sp³-hybridized carbons (Fsp3) is 0.370. The molecule has 3 heterocycles. The summed E-state index contributed by atoms with van der Waals surface area (Å²) in [5, 5.41) is 9.62. The molecule has 1 saturated heterocycles. The van der Waals surface area contributed by atoms with Crippen molar-refractivity contribution in [2.75, 3.05) is 13.1 Å². The molecule has 1 aliphatic heterocycles. The molecular weight excluding hydrogens is 442 g/mol. The van der Waals surface area contributed by atoms with Gasteiger partial charge in [0, 0.05) is 42.3 Å². The van der Waals surface area contributed by atoms with Gasteiger partial charge in [-0.3, -0.25) is 9.59 Å². The number of piperidine rings is 1. The first-order chi connectivity index (χ1) is 16.9. The molecule has 1 fully saturated rings. The van der Waals surface area contributed by atoms with Crippen LogP contribution in [0.3, 0.4) is 0 Å². The number of aryl methyl sites for hydroxylation is 1. The number of amides is 1. The molecule has 0 aliphatic carbocycles. The molecule has 5 rings (SSSR count). The first-order valence-corrected chi connectivity index (χ1v) is 12.1. The average molecular weight is 472 g/mol. The summed E-state index contributed by atoms with van der Waals surface area (Å²) in [5.41, 5.74) is 2.31. The first-order valence-electron chi connectivity index (χ1n) is 12.1. The molecule has 0 radical (unpaired) electrons. The largest absolute Gasteiger partial charge is 0.343 e. The smallest absolute Gasteiger partial charge is 0.257 e. The average Bonchev–Trinajstić information content (AvgIpc) is 3.51. The molecular formula is C27H29N5O3. The zero-order valence-electron chi connectivity index (χ0n) is 20.1. The van der Waals surface area contributed by atoms with Crippen LogP contribution in [-0.2, 0) is 10.2 Å². The van der Waals surface area contributed by atoms with Crippen molar-refractivity contribution in [2.24, 2.45) is 0 Å². The Morgan fingerprint density at radius 1 is 0.971 bits per heavy atom. The Hall–Kier alpha value is -3.81. The molecule has 0 atom stereocenters. The third-order valence-electron chi connectivity index (χ3n) is 7.00. The molecule has 8 heteroatoms. The van der Waals surface area contributed by atoms with Gasteiger partial charge >= 0.3 is 0 Å². The first kappa shape index (κ1) is 23.0. The number of para-hydroxylation sites is 1. The Balaban J connectivity index is 1.13. The van der Waals surface area contributed by atoms with Gasteiger partial charge in [0.2, 0.25) is 11.8 Å². The number of aromatic nitrogens is 4. The van der Waals surface area contributed by atoms with Crippen LogP contribution < -0.4 is 0 Å². The van der Waals surface area contributed by atoms with Crippen LogP contribution in [0.2, 0.25) is 0 Å². The summed E-state index contributed by atoms with van der Waals surface area (Å²) in [6.45, 7) is 5.31. The number of carbonyl (C=O) groups is 2. The van der Waals surface area contributed by atoms with Gasteiger partial charge in [0.1, 0.15) is 0 Å². The number of fused-ring (bicyclic) bond motifs is 1. The molecule has 1 amide bonds. The van der Waals surface area contributed by atoms with E-state index in [-0.39, 0.29) is 23.7 Å². The zero-order chi connectivity index (χ0) is 24.4. The molecule has 0 spiro atoms. The van der Waals surface area contributed by atoms with Crippen molar-refractivity contribution < 1.29 is 14.1 Å². The monoisotopic (exact) mass is 471 g/mol. The second-order valence-electron chi connectivity index (χ2n) is 9.49. The predicted molar refractivity (Wildman–Crippen MR) is 132 cm³/mol. The van der Waals surface area contributed by atoms with E-state index in [0.717, 1.165) is 35.0 Å². The van der Waals surface area contributed by atoms with Crippen LogP contribution in [0.15, 0.2) is 59.1 Å². The minimum absolute atomic E-state index is 0.0828. The minimum Gasteiger partial charge on any atom is -0.343 e. The van der Waals surface area contributed by atoms with E-state index >= 15 is 0 Å². The van der Waals surface area contributed by atoms with Crippen molar-refractivity contribution >= 4 is 22.7 Å². The van der Waals surface area contributed by atoms with Crippen molar-refractivity contribution in [1.29, 1.82) is 0 Å². The van der Waals surface area contributed by atoms with E-state index in [1.807, 2.05) is 66.4 Å². The molecule has 0 saturated carbocycles. The number of nitrogens with zero attached hydrogens (tertiary/aromatic N) is 5. The summed E-state index contributed by atoms with van der Waals surface area (Å²) in [6.07, 6.45) is 2.67. The second kappa shape index (κ2) is 9.44. The molecule has 0 unspecified atom stereocenters. The summed E-state index contributed by atoms with van der Waals surface area (Å²) in [6, 6.07) is 17.4. The normalized spacial score (nSPS) is 15.4. The molecule has 180 valence electrons. The van der Waals surface area contributed by atoms with Crippen molar-refractivity contribution in [1.82, 2.24) is 24.8 Å². The van der Waals surface area contributed by atoms with Gasteiger partial charge < -0.3 is 9.42 Å². The van der Waals surface area contributed by atoms with E-state index in [4.69, 9.17) is 4.52 Å². The van der Waals surface area contributed by atoms with E-state index in [0.29, 0.717) is 37.6 Å². The Kier molecular flexibility index (Phi) is 6.19. The maximum Gasteiger partial charge on any atom is 0.257 e. The highest BCUT2D eigenvalue weighted by Crippen LogP contribution is 2.34. The maximum absolute atomic E-state index is 12.8. The molecule has 2 aromatic heterocycles. The van der Waals surface area contributed by atoms with Gasteiger partial charge in [-0.05, 0) is 44.4 Å². The summed E-state index contributed by atoms with van der Waals surface area (Å²) in [5.74, 6) is 1.21. The van der Waals surface area contributed by atoms with Crippen LogP contribution >= 0.6 is 0 Å². The second-order valence-corrected chi connectivity index (χ2v) is 9.49. The number of carbonyl (C=O) groups excluding carboxylic acids is 2. The highest BCUT2D eigenvalue weighted by Gasteiger charge is 2.37. The third-order valence-corrected chi connectivity index (χ3v) is 7.00. The van der Waals surface area contributed by atoms with Crippen molar-refractivity contribution in [3.05, 3.63) is 66.1 Å². The maximum atomic E-state index is 12.8. The highest BCUT2D eigenvalue weighted by molar-refractivity contribution is 5.92. The summed E-state index contributed by atoms with van der Waals surface area (Å²) < 4.78 is 6.97. The lowest BCUT2D eigenvalue weighted by atomic mass is 9.79. The minimum atomic E-state index is -0.234. The van der Waals surface area contributed by atoms with E-state index in [2.05, 4.69) is 22.2 Å². The van der Waals surface area contributed by atoms with Crippen molar-refractivity contribution in [3.63, 3.8) is 0 Å². The van der Waals surface area contributed by atoms with E-state index < -0.39 is 0 Å². The van der Waals surface area contributed by atoms with Crippen molar-refractivity contribution in [3.8, 4) is 11.5 Å². The van der Waals surface area contributed by atoms with Gasteiger partial charge in [0.25, 0.3) is 5.89 Å². The lowest BCUT2D eigenvalue weighted by molar-refractivity contribution is -0.132. The molecule has 8 nitrogen and oxygen atoms in total. The summed E-state index contributed by atoms with van der Waals surface area (Å²) in [7, 11) is 0. The third kappa shape index (κ3) is 4.60. The lowest BCUT2D eigenvalue weighted by Crippen LogP contribution is -2.44. The Morgan fingerprint density at radius 3 is 2.43 bits per heavy atom. The van der Waals surface area contributed by atoms with Crippen LogP contribution in [-0.4, -0.2) is 49.7 Å². The van der Waals surface area contributed by atoms with E-state index in [9.17, 15) is 9.59 Å². The zero-order valence-corrected chi connectivity index (χ0v) is 20.1. The number of hydrogen-bond donors (Lipinski definition) is 0. The predicted octanol–water partition coefficient (Wildman–Crippen LogP) is 4.79. The Morgan fingerprint density at radius 2 is 1.66 bits per heavy atom.